The summed E-state index contributed by atoms with van der Waals surface area (Å²) in [4.78, 5) is 12.3. The van der Waals surface area contributed by atoms with Gasteiger partial charge < -0.3 is 9.47 Å². The molecule has 1 aliphatic carbocycles. The second kappa shape index (κ2) is 8.41. The number of hydrogen-bond acceptors (Lipinski definition) is 3. The molecular weight excluding hydrogens is 414 g/mol. The minimum atomic E-state index is -5.31. The highest BCUT2D eigenvalue weighted by Crippen LogP contribution is 2.32. The van der Waals surface area contributed by atoms with E-state index in [1.807, 2.05) is 13.0 Å². The summed E-state index contributed by atoms with van der Waals surface area (Å²) in [6.07, 6.45) is -0.408. The molecule has 0 radical (unpaired) electrons. The SMILES string of the molecule is CCCC1=CCc2cc(C(=O)Oc3cc(F)c(OC(F)(F)F)c(F)c3)c(F)cc2C1. The topological polar surface area (TPSA) is 35.5 Å². The monoisotopic (exact) mass is 430 g/mol. The fourth-order valence-electron chi connectivity index (χ4n) is 3.22. The van der Waals surface area contributed by atoms with Crippen molar-refractivity contribution in [2.45, 2.75) is 39.0 Å². The zero-order valence-corrected chi connectivity index (χ0v) is 15.7. The van der Waals surface area contributed by atoms with Crippen LogP contribution in [0.2, 0.25) is 0 Å². The summed E-state index contributed by atoms with van der Waals surface area (Å²) in [5.74, 6) is -7.97. The van der Waals surface area contributed by atoms with Gasteiger partial charge in [-0.1, -0.05) is 25.0 Å². The summed E-state index contributed by atoms with van der Waals surface area (Å²) in [5, 5.41) is 0. The lowest BCUT2D eigenvalue weighted by Gasteiger charge is -2.18. The highest BCUT2D eigenvalue weighted by Gasteiger charge is 2.34. The van der Waals surface area contributed by atoms with Crippen LogP contribution in [-0.2, 0) is 12.8 Å². The van der Waals surface area contributed by atoms with Crippen LogP contribution in [0.5, 0.6) is 11.5 Å². The quantitative estimate of drug-likeness (QED) is 0.251. The van der Waals surface area contributed by atoms with Crippen molar-refractivity contribution in [3.05, 3.63) is 70.1 Å². The molecule has 160 valence electrons. The Hall–Kier alpha value is -2.97. The molecule has 0 N–H and O–H groups in total. The van der Waals surface area contributed by atoms with Crippen LogP contribution in [0.4, 0.5) is 26.3 Å². The Morgan fingerprint density at radius 2 is 1.67 bits per heavy atom. The molecule has 30 heavy (non-hydrogen) atoms. The lowest BCUT2D eigenvalue weighted by atomic mass is 9.88. The van der Waals surface area contributed by atoms with E-state index in [1.54, 1.807) is 0 Å². The van der Waals surface area contributed by atoms with Crippen LogP contribution in [0, 0.1) is 17.5 Å². The van der Waals surface area contributed by atoms with Gasteiger partial charge in [-0.15, -0.1) is 13.2 Å². The average molecular weight is 430 g/mol. The van der Waals surface area contributed by atoms with Gasteiger partial charge in [-0.2, -0.15) is 0 Å². The number of alkyl halides is 3. The minimum absolute atomic E-state index is 0.345. The number of allylic oxidation sites excluding steroid dienone is 2. The highest BCUT2D eigenvalue weighted by molar-refractivity contribution is 5.91. The van der Waals surface area contributed by atoms with Gasteiger partial charge in [-0.3, -0.25) is 0 Å². The maximum absolute atomic E-state index is 14.4. The minimum Gasteiger partial charge on any atom is -0.423 e. The van der Waals surface area contributed by atoms with Crippen LogP contribution in [0.25, 0.3) is 0 Å². The van der Waals surface area contributed by atoms with Crippen molar-refractivity contribution in [1.82, 2.24) is 0 Å². The molecule has 0 atom stereocenters. The van der Waals surface area contributed by atoms with E-state index in [-0.39, 0.29) is 0 Å². The van der Waals surface area contributed by atoms with E-state index in [1.165, 1.54) is 17.7 Å². The highest BCUT2D eigenvalue weighted by atomic mass is 19.4. The Labute approximate surface area is 167 Å². The van der Waals surface area contributed by atoms with Gasteiger partial charge in [0.1, 0.15) is 11.6 Å². The molecule has 3 rings (SSSR count). The van der Waals surface area contributed by atoms with Crippen LogP contribution in [0.3, 0.4) is 0 Å². The Morgan fingerprint density at radius 3 is 2.27 bits per heavy atom. The number of carbonyl (C=O) groups excluding carboxylic acids is 1. The van der Waals surface area contributed by atoms with Gasteiger partial charge in [0.2, 0.25) is 5.75 Å². The summed E-state index contributed by atoms with van der Waals surface area (Å²) in [5.41, 5.74) is 2.18. The molecule has 0 spiro atoms. The van der Waals surface area contributed by atoms with Crippen molar-refractivity contribution in [2.75, 3.05) is 0 Å². The smallest absolute Gasteiger partial charge is 0.423 e. The summed E-state index contributed by atoms with van der Waals surface area (Å²) in [6.45, 7) is 2.03. The summed E-state index contributed by atoms with van der Waals surface area (Å²) < 4.78 is 86.6. The Kier molecular flexibility index (Phi) is 6.09. The molecule has 0 saturated carbocycles. The number of rotatable bonds is 5. The van der Waals surface area contributed by atoms with Crippen LogP contribution < -0.4 is 9.47 Å². The Morgan fingerprint density at radius 1 is 1.00 bits per heavy atom. The van der Waals surface area contributed by atoms with Gasteiger partial charge in [-0.05, 0) is 42.5 Å². The van der Waals surface area contributed by atoms with Gasteiger partial charge in [0, 0.05) is 12.1 Å². The van der Waals surface area contributed by atoms with Crippen LogP contribution in [0.1, 0.15) is 41.3 Å². The largest absolute Gasteiger partial charge is 0.573 e. The predicted molar refractivity (Wildman–Crippen MR) is 94.8 cm³/mol. The van der Waals surface area contributed by atoms with E-state index in [2.05, 4.69) is 4.74 Å². The molecular formula is C21H16F6O3. The molecule has 0 heterocycles. The summed E-state index contributed by atoms with van der Waals surface area (Å²) in [7, 11) is 0. The summed E-state index contributed by atoms with van der Waals surface area (Å²) in [6, 6.07) is 3.21. The van der Waals surface area contributed by atoms with Crippen LogP contribution in [0.15, 0.2) is 35.9 Å². The first-order valence-electron chi connectivity index (χ1n) is 9.03. The molecule has 0 aliphatic heterocycles. The molecule has 3 nitrogen and oxygen atoms in total. The van der Waals surface area contributed by atoms with Gasteiger partial charge in [0.05, 0.1) is 5.56 Å². The molecule has 0 amide bonds. The van der Waals surface area contributed by atoms with Crippen molar-refractivity contribution in [3.63, 3.8) is 0 Å². The molecule has 1 aliphatic rings. The third kappa shape index (κ3) is 4.95. The van der Waals surface area contributed by atoms with Crippen molar-refractivity contribution >= 4 is 5.97 Å². The number of fused-ring (bicyclic) bond motifs is 1. The maximum Gasteiger partial charge on any atom is 0.573 e. The van der Waals surface area contributed by atoms with Crippen molar-refractivity contribution in [2.24, 2.45) is 0 Å². The van der Waals surface area contributed by atoms with E-state index < -0.39 is 46.8 Å². The normalized spacial score (nSPS) is 13.5. The fraction of sp³-hybridized carbons (Fsp3) is 0.286. The van der Waals surface area contributed by atoms with Crippen molar-refractivity contribution in [1.29, 1.82) is 0 Å². The third-order valence-electron chi connectivity index (χ3n) is 4.51. The second-order valence-corrected chi connectivity index (χ2v) is 6.75. The first-order valence-corrected chi connectivity index (χ1v) is 9.03. The standard InChI is InChI=1S/C21H16F6O3/c1-2-3-11-4-5-12-7-15(16(22)8-13(12)6-11)20(28)29-14-9-17(23)19(18(24)10-14)30-21(25,26)27/h4,7-10H,2-3,5-6H2,1H3. The number of esters is 1. The van der Waals surface area contributed by atoms with Crippen molar-refractivity contribution in [3.8, 4) is 11.5 Å². The number of benzene rings is 2. The van der Waals surface area contributed by atoms with E-state index >= 15 is 0 Å². The lowest BCUT2D eigenvalue weighted by Crippen LogP contribution is -2.19. The Bertz CT molecular complexity index is 988. The number of hydrogen-bond donors (Lipinski definition) is 0. The molecule has 2 aromatic carbocycles. The van der Waals surface area contributed by atoms with Gasteiger partial charge >= 0.3 is 12.3 Å². The predicted octanol–water partition coefficient (Wildman–Crippen LogP) is 6.05. The number of halogens is 6. The molecule has 0 bridgehead atoms. The maximum atomic E-state index is 14.4. The molecule has 0 unspecified atom stereocenters. The lowest BCUT2D eigenvalue weighted by molar-refractivity contribution is -0.276. The molecule has 0 saturated heterocycles. The van der Waals surface area contributed by atoms with Gasteiger partial charge in [-0.25, -0.2) is 18.0 Å². The van der Waals surface area contributed by atoms with E-state index in [0.717, 1.165) is 24.0 Å². The molecule has 0 aromatic heterocycles. The zero-order valence-electron chi connectivity index (χ0n) is 15.7. The van der Waals surface area contributed by atoms with E-state index in [4.69, 9.17) is 4.74 Å². The summed E-state index contributed by atoms with van der Waals surface area (Å²) >= 11 is 0. The molecule has 0 fully saturated rings. The van der Waals surface area contributed by atoms with Gasteiger partial charge in [0.15, 0.2) is 11.6 Å². The van der Waals surface area contributed by atoms with Crippen LogP contribution in [-0.4, -0.2) is 12.3 Å². The van der Waals surface area contributed by atoms with Crippen LogP contribution >= 0.6 is 0 Å². The fourth-order valence-corrected chi connectivity index (χ4v) is 3.22. The zero-order chi connectivity index (χ0) is 22.1. The van der Waals surface area contributed by atoms with E-state index in [0.29, 0.717) is 25.0 Å². The Balaban J connectivity index is 1.81. The molecule has 2 aromatic rings. The van der Waals surface area contributed by atoms with Crippen molar-refractivity contribution < 1.29 is 40.6 Å². The first-order chi connectivity index (χ1) is 14.1. The van der Waals surface area contributed by atoms with Gasteiger partial charge in [0.25, 0.3) is 0 Å². The molecule has 9 heteroatoms. The average Bonchev–Trinajstić information content (AvgIpc) is 2.63. The second-order valence-electron chi connectivity index (χ2n) is 6.75. The first kappa shape index (κ1) is 21.7. The number of carbonyl (C=O) groups is 1. The number of ether oxygens (including phenoxy) is 2. The third-order valence-corrected chi connectivity index (χ3v) is 4.51. The van der Waals surface area contributed by atoms with E-state index in [9.17, 15) is 31.1 Å².